The number of anilines is 2. The second-order valence-electron chi connectivity index (χ2n) is 17.0. The molecule has 71 heavy (non-hydrogen) atoms. The van der Waals surface area contributed by atoms with Crippen molar-refractivity contribution in [1.82, 2.24) is 9.88 Å². The summed E-state index contributed by atoms with van der Waals surface area (Å²) in [5.41, 5.74) is 0.808. The Labute approximate surface area is 410 Å². The van der Waals surface area contributed by atoms with E-state index in [1.54, 1.807) is 42.5 Å². The van der Waals surface area contributed by atoms with E-state index < -0.39 is 71.0 Å². The predicted molar refractivity (Wildman–Crippen MR) is 261 cm³/mol. The van der Waals surface area contributed by atoms with Crippen molar-refractivity contribution in [3.8, 4) is 17.6 Å². The predicted octanol–water partition coefficient (Wildman–Crippen LogP) is 7.95. The van der Waals surface area contributed by atoms with E-state index in [1.807, 2.05) is 83.8 Å². The van der Waals surface area contributed by atoms with Crippen LogP contribution in [0, 0.1) is 27.9 Å². The monoisotopic (exact) mass is 969 g/mol. The van der Waals surface area contributed by atoms with Crippen molar-refractivity contribution in [2.75, 3.05) is 30.0 Å². The second-order valence-corrected chi connectivity index (χ2v) is 18.0. The fourth-order valence-electron chi connectivity index (χ4n) is 10.2. The van der Waals surface area contributed by atoms with Crippen LogP contribution >= 0.6 is 11.3 Å². The number of para-hydroxylation sites is 2. The first-order valence-corrected chi connectivity index (χ1v) is 23.5. The van der Waals surface area contributed by atoms with Gasteiger partial charge in [0.1, 0.15) is 36.5 Å². The number of cyclic esters (lactones) is 1. The van der Waals surface area contributed by atoms with E-state index in [1.165, 1.54) is 41.7 Å². The first kappa shape index (κ1) is 46.5. The van der Waals surface area contributed by atoms with Gasteiger partial charge in [-0.25, -0.2) is 14.7 Å². The molecule has 3 aliphatic heterocycles. The van der Waals surface area contributed by atoms with Crippen LogP contribution in [0.25, 0.3) is 10.2 Å². The van der Waals surface area contributed by atoms with E-state index in [0.717, 1.165) is 9.60 Å². The number of imide groups is 1. The summed E-state index contributed by atoms with van der Waals surface area (Å²) in [6.45, 7) is -1.15. The number of carbonyl (C=O) groups is 4. The molecule has 6 unspecified atom stereocenters. The molecule has 17 heteroatoms. The third-order valence-corrected chi connectivity index (χ3v) is 13.9. The minimum atomic E-state index is -2.22. The van der Waals surface area contributed by atoms with Crippen LogP contribution in [0.2, 0.25) is 0 Å². The molecule has 0 aliphatic carbocycles. The summed E-state index contributed by atoms with van der Waals surface area (Å²) in [7, 11) is 0. The summed E-state index contributed by atoms with van der Waals surface area (Å²) < 4.78 is 19.5. The van der Waals surface area contributed by atoms with Crippen LogP contribution in [0.5, 0.6) is 5.75 Å². The quantitative estimate of drug-likeness (QED) is 0.0460. The molecular weight excluding hydrogens is 927 g/mol. The number of esters is 1. The van der Waals surface area contributed by atoms with E-state index in [9.17, 15) is 25.1 Å². The zero-order valence-corrected chi connectivity index (χ0v) is 38.4. The maximum atomic E-state index is 16.6. The first-order valence-electron chi connectivity index (χ1n) is 22.7. The Morgan fingerprint density at radius 3 is 2.27 bits per heavy atom. The fraction of sp³-hybridized carbons (Fsp3) is 0.204. The minimum Gasteiger partial charge on any atom is -0.491 e. The van der Waals surface area contributed by atoms with Crippen molar-refractivity contribution in [2.45, 2.75) is 42.7 Å². The number of carbonyl (C=O) groups excluding carboxylic acids is 4. The number of aliphatic hydroxyl groups is 2. The fourth-order valence-corrected chi connectivity index (χ4v) is 11.1. The van der Waals surface area contributed by atoms with E-state index in [-0.39, 0.29) is 54.1 Å². The number of aliphatic hydroxyl groups excluding tert-OH is 2. The minimum absolute atomic E-state index is 0.0389. The second kappa shape index (κ2) is 19.6. The molecule has 2 fully saturated rings. The van der Waals surface area contributed by atoms with Crippen LogP contribution in [0.15, 0.2) is 152 Å². The number of nitro groups is 1. The summed E-state index contributed by atoms with van der Waals surface area (Å²) >= 11 is 1.20. The normalized spacial score (nSPS) is 21.2. The SMILES string of the molecule is O=C1OC(c2ccccc2)C(c2ccccc2)N2C1C(C(=O)Nc1nc3ccccc3s1)C1(C(=O)N(C(=O)OCc3ccc([N+](=O)[O-])cc3)c3ccc(C#CCCO)cc31)C2c1ccccc1OCCO. The molecule has 4 heterocycles. The van der Waals surface area contributed by atoms with Crippen LogP contribution in [0.4, 0.5) is 21.3 Å². The van der Waals surface area contributed by atoms with Gasteiger partial charge in [0, 0.05) is 29.7 Å². The van der Waals surface area contributed by atoms with Gasteiger partial charge in [-0.15, -0.1) is 0 Å². The number of morpholine rings is 1. The van der Waals surface area contributed by atoms with Gasteiger partial charge in [-0.3, -0.25) is 29.4 Å². The van der Waals surface area contributed by atoms with E-state index >= 15 is 14.4 Å². The van der Waals surface area contributed by atoms with Crippen molar-refractivity contribution in [3.05, 3.63) is 195 Å². The zero-order chi connectivity index (χ0) is 49.2. The number of hydrogen-bond donors (Lipinski definition) is 3. The number of thiazole rings is 1. The Morgan fingerprint density at radius 2 is 1.55 bits per heavy atom. The van der Waals surface area contributed by atoms with Crippen molar-refractivity contribution < 1.29 is 48.5 Å². The molecule has 3 aliphatic rings. The Bertz CT molecular complexity index is 3220. The lowest BCUT2D eigenvalue weighted by Gasteiger charge is -2.46. The van der Waals surface area contributed by atoms with E-state index in [0.29, 0.717) is 33.3 Å². The number of aromatic nitrogens is 1. The molecule has 3 N–H and O–H groups in total. The topological polar surface area (TPSA) is 211 Å². The molecule has 0 radical (unpaired) electrons. The van der Waals surface area contributed by atoms with Gasteiger partial charge < -0.3 is 29.7 Å². The Balaban J connectivity index is 1.25. The lowest BCUT2D eigenvalue weighted by molar-refractivity contribution is -0.384. The van der Waals surface area contributed by atoms with Crippen molar-refractivity contribution in [3.63, 3.8) is 0 Å². The number of nitro benzene ring substituents is 1. The number of ether oxygens (including phenoxy) is 3. The number of amides is 3. The summed E-state index contributed by atoms with van der Waals surface area (Å²) in [6, 6.07) is 39.0. The number of nitrogens with zero attached hydrogens (tertiary/aromatic N) is 4. The first-order chi connectivity index (χ1) is 34.6. The Kier molecular flexibility index (Phi) is 12.8. The molecule has 7 aromatic rings. The van der Waals surface area contributed by atoms with Gasteiger partial charge in [-0.1, -0.05) is 114 Å². The van der Waals surface area contributed by atoms with Crippen molar-refractivity contribution in [1.29, 1.82) is 0 Å². The summed E-state index contributed by atoms with van der Waals surface area (Å²) in [6.07, 6.45) is -2.02. The molecular formula is C54H43N5O11S. The number of non-ortho nitro benzene ring substituents is 1. The molecule has 10 rings (SSSR count). The van der Waals surface area contributed by atoms with Crippen molar-refractivity contribution >= 4 is 61.9 Å². The lowest BCUT2D eigenvalue weighted by Crippen LogP contribution is -2.54. The number of benzene rings is 6. The van der Waals surface area contributed by atoms with Crippen LogP contribution in [0.1, 0.15) is 58.0 Å². The standard InChI is InChI=1S/C54H43N5O11S/c60-28-12-11-13-33-24-27-41-39(31-33)54(51(64)57(41)53(65)69-32-34-22-25-37(26-23-34)59(66)67)44(49(62)56-52-55-40-19-8-10-21-43(40)71-52)46-50(63)70-47(36-16-5-2-6-17-36)45(35-14-3-1-4-15-35)58(46)48(54)38-18-7-9-20-42(38)68-30-29-61/h1-10,14-27,31,44-48,60-61H,12,28-30,32H2,(H,55,56,62). The highest BCUT2D eigenvalue weighted by Crippen LogP contribution is 2.67. The number of nitrogens with one attached hydrogen (secondary N) is 1. The highest BCUT2D eigenvalue weighted by molar-refractivity contribution is 7.22. The highest BCUT2D eigenvalue weighted by atomic mass is 32.1. The van der Waals surface area contributed by atoms with Gasteiger partial charge in [-0.2, -0.15) is 0 Å². The largest absolute Gasteiger partial charge is 0.491 e. The number of rotatable bonds is 12. The van der Waals surface area contributed by atoms with E-state index in [2.05, 4.69) is 17.2 Å². The zero-order valence-electron chi connectivity index (χ0n) is 37.6. The molecule has 16 nitrogen and oxygen atoms in total. The number of hydrogen-bond acceptors (Lipinski definition) is 14. The van der Waals surface area contributed by atoms with Gasteiger partial charge in [0.25, 0.3) is 5.69 Å². The third-order valence-electron chi connectivity index (χ3n) is 13.0. The molecule has 3 amide bonds. The number of fused-ring (bicyclic) bond motifs is 4. The lowest BCUT2D eigenvalue weighted by atomic mass is 9.65. The summed E-state index contributed by atoms with van der Waals surface area (Å²) in [4.78, 5) is 81.2. The average Bonchev–Trinajstić information content (AvgIpc) is 4.03. The van der Waals surface area contributed by atoms with Crippen LogP contribution in [0.3, 0.4) is 0 Å². The molecule has 2 saturated heterocycles. The molecule has 0 saturated carbocycles. The van der Waals surface area contributed by atoms with Crippen LogP contribution < -0.4 is 15.0 Å². The molecule has 1 aromatic heterocycles. The van der Waals surface area contributed by atoms with Gasteiger partial charge >= 0.3 is 12.1 Å². The van der Waals surface area contributed by atoms with Gasteiger partial charge in [-0.05, 0) is 70.8 Å². The molecule has 0 bridgehead atoms. The van der Waals surface area contributed by atoms with Gasteiger partial charge in [0.15, 0.2) is 5.13 Å². The summed E-state index contributed by atoms with van der Waals surface area (Å²) in [5, 5.41) is 34.4. The smallest absolute Gasteiger partial charge is 0.421 e. The average molecular weight is 970 g/mol. The van der Waals surface area contributed by atoms with Gasteiger partial charge in [0.2, 0.25) is 11.8 Å². The van der Waals surface area contributed by atoms with Crippen LogP contribution in [-0.2, 0) is 35.9 Å². The third kappa shape index (κ3) is 8.32. The Morgan fingerprint density at radius 1 is 0.845 bits per heavy atom. The maximum absolute atomic E-state index is 16.6. The molecule has 1 spiro atoms. The van der Waals surface area contributed by atoms with E-state index in [4.69, 9.17) is 19.2 Å². The Hall–Kier alpha value is -8.27. The van der Waals surface area contributed by atoms with Crippen molar-refractivity contribution in [2.24, 2.45) is 5.92 Å². The molecule has 356 valence electrons. The molecule has 6 aromatic carbocycles. The van der Waals surface area contributed by atoms with Crippen LogP contribution in [-0.4, -0.2) is 74.8 Å². The maximum Gasteiger partial charge on any atom is 0.421 e. The highest BCUT2D eigenvalue weighted by Gasteiger charge is 2.76. The summed E-state index contributed by atoms with van der Waals surface area (Å²) in [5.74, 6) is 2.00. The van der Waals surface area contributed by atoms with Gasteiger partial charge in [0.05, 0.1) is 52.0 Å². The molecule has 6 atom stereocenters.